The normalized spacial score (nSPS) is 10.5. The molecule has 3 rings (SSSR count). The fourth-order valence-corrected chi connectivity index (χ4v) is 2.37. The van der Waals surface area contributed by atoms with Gasteiger partial charge in [0, 0.05) is 16.1 Å². The average molecular weight is 344 g/mol. The lowest BCUT2D eigenvalue weighted by molar-refractivity contribution is -0.686. The third-order valence-electron chi connectivity index (χ3n) is 3.02. The summed E-state index contributed by atoms with van der Waals surface area (Å²) in [5.41, 5.74) is 1.41. The molecule has 4 nitrogen and oxygen atoms in total. The van der Waals surface area contributed by atoms with Gasteiger partial charge in [-0.2, -0.15) is 0 Å². The maximum atomic E-state index is 12.2. The molecule has 2 aromatic heterocycles. The Morgan fingerprint density at radius 2 is 2.14 bits per heavy atom. The molecule has 5 heteroatoms. The molecule has 0 atom stereocenters. The molecule has 0 aliphatic rings. The highest BCUT2D eigenvalue weighted by atomic mass is 79.9. The van der Waals surface area contributed by atoms with Gasteiger partial charge in [0.2, 0.25) is 11.5 Å². The Bertz CT molecular complexity index is 752. The van der Waals surface area contributed by atoms with Crippen LogP contribution in [0.4, 0.5) is 0 Å². The number of ketones is 1. The van der Waals surface area contributed by atoms with E-state index >= 15 is 0 Å². The highest BCUT2D eigenvalue weighted by Crippen LogP contribution is 2.15. The van der Waals surface area contributed by atoms with Crippen LogP contribution in [0.1, 0.15) is 10.4 Å². The molecule has 0 aliphatic heterocycles. The van der Waals surface area contributed by atoms with Crippen LogP contribution < -0.4 is 4.57 Å². The minimum absolute atomic E-state index is 0.0360. The van der Waals surface area contributed by atoms with Crippen LogP contribution in [0.15, 0.2) is 70.1 Å². The van der Waals surface area contributed by atoms with Gasteiger partial charge in [-0.15, -0.1) is 0 Å². The molecule has 2 heterocycles. The molecule has 104 valence electrons. The van der Waals surface area contributed by atoms with Gasteiger partial charge in [0.05, 0.1) is 12.5 Å². The first-order chi connectivity index (χ1) is 10.2. The van der Waals surface area contributed by atoms with Gasteiger partial charge < -0.3 is 4.42 Å². The van der Waals surface area contributed by atoms with Crippen molar-refractivity contribution >= 4 is 21.7 Å². The first kappa shape index (κ1) is 13.7. The molecule has 3 aromatic rings. The quantitative estimate of drug-likeness (QED) is 0.539. The molecule has 1 aromatic carbocycles. The van der Waals surface area contributed by atoms with Crippen molar-refractivity contribution in [1.82, 2.24) is 4.98 Å². The van der Waals surface area contributed by atoms with Crippen LogP contribution in [-0.2, 0) is 6.54 Å². The Morgan fingerprint density at radius 1 is 1.24 bits per heavy atom. The van der Waals surface area contributed by atoms with E-state index in [1.807, 2.05) is 42.6 Å². The van der Waals surface area contributed by atoms with Gasteiger partial charge in [-0.05, 0) is 29.2 Å². The van der Waals surface area contributed by atoms with E-state index in [0.717, 1.165) is 10.2 Å². The van der Waals surface area contributed by atoms with E-state index in [1.165, 1.54) is 0 Å². The van der Waals surface area contributed by atoms with E-state index in [4.69, 9.17) is 4.42 Å². The molecule has 0 saturated heterocycles. The average Bonchev–Trinajstić information content (AvgIpc) is 3.02. The third-order valence-corrected chi connectivity index (χ3v) is 3.51. The van der Waals surface area contributed by atoms with E-state index < -0.39 is 0 Å². The number of aromatic nitrogens is 2. The summed E-state index contributed by atoms with van der Waals surface area (Å²) in [5, 5.41) is 0. The Kier molecular flexibility index (Phi) is 3.92. The van der Waals surface area contributed by atoms with E-state index in [9.17, 15) is 4.79 Å². The molecule has 0 spiro atoms. The van der Waals surface area contributed by atoms with Crippen molar-refractivity contribution in [2.24, 2.45) is 0 Å². The van der Waals surface area contributed by atoms with E-state index in [-0.39, 0.29) is 12.3 Å². The molecular formula is C16H12BrN2O2+. The zero-order valence-corrected chi connectivity index (χ0v) is 12.7. The fourth-order valence-electron chi connectivity index (χ4n) is 1.97. The standard InChI is InChI=1S/C16H12BrN2O2/c17-13-4-1-3-12(9-13)15(20)10-19-7-6-14(18-11-19)16-5-2-8-21-16/h1-9,11H,10H2/q+1. The molecule has 0 bridgehead atoms. The number of halogens is 1. The van der Waals surface area contributed by atoms with Gasteiger partial charge in [-0.25, -0.2) is 4.57 Å². The Hall–Kier alpha value is -2.27. The van der Waals surface area contributed by atoms with E-state index in [2.05, 4.69) is 20.9 Å². The molecular weight excluding hydrogens is 332 g/mol. The number of Topliss-reactive ketones (excluding diaryl/α,β-unsaturated/α-hetero) is 1. The number of hydrogen-bond donors (Lipinski definition) is 0. The molecule has 0 saturated carbocycles. The number of rotatable bonds is 4. The summed E-state index contributed by atoms with van der Waals surface area (Å²) in [5.74, 6) is 0.745. The summed E-state index contributed by atoms with van der Waals surface area (Å²) in [7, 11) is 0. The summed E-state index contributed by atoms with van der Waals surface area (Å²) >= 11 is 3.37. The SMILES string of the molecule is O=C(C[n+]1ccc(-c2ccco2)nc1)c1cccc(Br)c1. The third kappa shape index (κ3) is 3.25. The van der Waals surface area contributed by atoms with Gasteiger partial charge in [0.15, 0.2) is 12.3 Å². The topological polar surface area (TPSA) is 47.0 Å². The minimum atomic E-state index is 0.0360. The molecule has 0 fully saturated rings. The molecule has 21 heavy (non-hydrogen) atoms. The summed E-state index contributed by atoms with van der Waals surface area (Å²) in [6.07, 6.45) is 5.06. The smallest absolute Gasteiger partial charge is 0.287 e. The van der Waals surface area contributed by atoms with Crippen molar-refractivity contribution in [1.29, 1.82) is 0 Å². The number of furan rings is 1. The van der Waals surface area contributed by atoms with Gasteiger partial charge in [-0.1, -0.05) is 28.1 Å². The van der Waals surface area contributed by atoms with Crippen molar-refractivity contribution in [3.8, 4) is 11.5 Å². The maximum Gasteiger partial charge on any atom is 0.287 e. The van der Waals surface area contributed by atoms with Crippen LogP contribution >= 0.6 is 15.9 Å². The summed E-state index contributed by atoms with van der Waals surface area (Å²) in [6, 6.07) is 12.8. The van der Waals surface area contributed by atoms with Crippen molar-refractivity contribution in [2.45, 2.75) is 6.54 Å². The predicted molar refractivity (Wildman–Crippen MR) is 80.6 cm³/mol. The number of hydrogen-bond acceptors (Lipinski definition) is 3. The van der Waals surface area contributed by atoms with Crippen LogP contribution in [0.2, 0.25) is 0 Å². The van der Waals surface area contributed by atoms with Crippen LogP contribution in [0, 0.1) is 0 Å². The van der Waals surface area contributed by atoms with Crippen LogP contribution in [0.25, 0.3) is 11.5 Å². The van der Waals surface area contributed by atoms with Crippen molar-refractivity contribution < 1.29 is 13.8 Å². The van der Waals surface area contributed by atoms with Crippen LogP contribution in [0.5, 0.6) is 0 Å². The number of nitrogens with zero attached hydrogens (tertiary/aromatic N) is 2. The van der Waals surface area contributed by atoms with Crippen molar-refractivity contribution in [3.63, 3.8) is 0 Å². The van der Waals surface area contributed by atoms with Gasteiger partial charge in [0.1, 0.15) is 0 Å². The second-order valence-corrected chi connectivity index (χ2v) is 5.44. The molecule has 0 N–H and O–H groups in total. The largest absolute Gasteiger partial charge is 0.460 e. The first-order valence-electron chi connectivity index (χ1n) is 6.40. The van der Waals surface area contributed by atoms with E-state index in [1.54, 1.807) is 23.2 Å². The molecule has 0 aliphatic carbocycles. The lowest BCUT2D eigenvalue weighted by Crippen LogP contribution is -2.37. The van der Waals surface area contributed by atoms with Crippen LogP contribution in [-0.4, -0.2) is 10.8 Å². The first-order valence-corrected chi connectivity index (χ1v) is 7.19. The molecule has 0 radical (unpaired) electrons. The fraction of sp³-hybridized carbons (Fsp3) is 0.0625. The number of carbonyl (C=O) groups excluding carboxylic acids is 1. The number of carbonyl (C=O) groups is 1. The van der Waals surface area contributed by atoms with Crippen LogP contribution in [0.3, 0.4) is 0 Å². The summed E-state index contributed by atoms with van der Waals surface area (Å²) in [4.78, 5) is 16.5. The second-order valence-electron chi connectivity index (χ2n) is 4.53. The minimum Gasteiger partial charge on any atom is -0.460 e. The Labute approximate surface area is 130 Å². The zero-order chi connectivity index (χ0) is 14.7. The predicted octanol–water partition coefficient (Wildman–Crippen LogP) is 3.27. The lowest BCUT2D eigenvalue weighted by Gasteiger charge is -2.00. The maximum absolute atomic E-state index is 12.2. The Morgan fingerprint density at radius 3 is 2.81 bits per heavy atom. The highest BCUT2D eigenvalue weighted by molar-refractivity contribution is 9.10. The van der Waals surface area contributed by atoms with Gasteiger partial charge in [-0.3, -0.25) is 4.79 Å². The lowest BCUT2D eigenvalue weighted by atomic mass is 10.1. The Balaban J connectivity index is 1.75. The summed E-state index contributed by atoms with van der Waals surface area (Å²) < 4.78 is 7.92. The number of benzene rings is 1. The van der Waals surface area contributed by atoms with E-state index in [0.29, 0.717) is 11.3 Å². The van der Waals surface area contributed by atoms with Crippen molar-refractivity contribution in [3.05, 3.63) is 71.3 Å². The summed E-state index contributed by atoms with van der Waals surface area (Å²) in [6.45, 7) is 0.252. The highest BCUT2D eigenvalue weighted by Gasteiger charge is 2.13. The van der Waals surface area contributed by atoms with Crippen molar-refractivity contribution in [2.75, 3.05) is 0 Å². The van der Waals surface area contributed by atoms with Gasteiger partial charge in [0.25, 0.3) is 6.33 Å². The molecule has 0 unspecified atom stereocenters. The second kappa shape index (κ2) is 6.01. The van der Waals surface area contributed by atoms with Gasteiger partial charge >= 0.3 is 0 Å². The molecule has 0 amide bonds. The monoisotopic (exact) mass is 343 g/mol. The zero-order valence-electron chi connectivity index (χ0n) is 11.1.